The van der Waals surface area contributed by atoms with Gasteiger partial charge in [0, 0.05) is 7.11 Å². The van der Waals surface area contributed by atoms with Crippen molar-refractivity contribution in [3.05, 3.63) is 0 Å². The molecule has 1 nitrogen and oxygen atoms in total. The van der Waals surface area contributed by atoms with Gasteiger partial charge in [-0.3, -0.25) is 0 Å². The van der Waals surface area contributed by atoms with E-state index in [1.165, 1.54) is 154 Å². The standard InChI is InChI=1S/2C6H12.3C5H10.C5H12.C4H8.CH4O/c1-6-4-2-3-5-6;1-2-4-6-5-3-1;1-5-3-2-4-5;1-2-5-3-4-5;1-2-4-5-3-1;1-4-5(2)3;1-4-2-3-4;1-2/h6H,2-5H2,1H3;1-6H2;2*5H,2-4H2,1H3;1-5H2;5H,4H2,1-3H3;4H,2-3H2,1H3;2H,1H3. The van der Waals surface area contributed by atoms with Gasteiger partial charge in [0.15, 0.2) is 0 Å². The van der Waals surface area contributed by atoms with Gasteiger partial charge in [-0.05, 0) is 29.6 Å². The maximum absolute atomic E-state index is 7.00. The highest BCUT2D eigenvalue weighted by atomic mass is 16.2. The first-order valence-corrected chi connectivity index (χ1v) is 17.8. The molecule has 0 bridgehead atoms. The van der Waals surface area contributed by atoms with Crippen LogP contribution in [0.25, 0.3) is 0 Å². The Labute approximate surface area is 244 Å². The van der Waals surface area contributed by atoms with Gasteiger partial charge in [-0.1, -0.05) is 203 Å². The van der Waals surface area contributed by atoms with E-state index in [1.807, 2.05) is 0 Å². The van der Waals surface area contributed by atoms with Gasteiger partial charge in [-0.15, -0.1) is 0 Å². The van der Waals surface area contributed by atoms with Gasteiger partial charge in [0.1, 0.15) is 0 Å². The maximum atomic E-state index is 7.00. The summed E-state index contributed by atoms with van der Waals surface area (Å²) >= 11 is 0. The number of aliphatic hydroxyl groups is 1. The van der Waals surface area contributed by atoms with Crippen molar-refractivity contribution in [2.75, 3.05) is 7.11 Å². The zero-order chi connectivity index (χ0) is 28.9. The molecule has 0 aromatic rings. The third kappa shape index (κ3) is 38.1. The summed E-state index contributed by atoms with van der Waals surface area (Å²) in [5, 5.41) is 7.00. The van der Waals surface area contributed by atoms with Crippen molar-refractivity contribution in [1.29, 1.82) is 0 Å². The van der Waals surface area contributed by atoms with Crippen LogP contribution in [0.1, 0.15) is 203 Å². The molecule has 232 valence electrons. The summed E-state index contributed by atoms with van der Waals surface area (Å²) in [5.41, 5.74) is 0. The minimum atomic E-state index is 0.884. The Morgan fingerprint density at radius 1 is 0.447 bits per heavy atom. The van der Waals surface area contributed by atoms with Crippen LogP contribution in [0, 0.1) is 29.6 Å². The molecule has 6 rings (SSSR count). The molecule has 38 heavy (non-hydrogen) atoms. The van der Waals surface area contributed by atoms with Crippen LogP contribution in [0.5, 0.6) is 0 Å². The SMILES string of the molecule is C1CCCC1.C1CCCCC1.CC1CC1.CC1CCC1.CC1CCCC1.CCC(C)C.CCC1CC1.CO. The molecule has 0 saturated heterocycles. The molecule has 6 aliphatic rings. The Bertz CT molecular complexity index is 366. The minimum absolute atomic E-state index is 0.884. The summed E-state index contributed by atoms with van der Waals surface area (Å²) in [4.78, 5) is 0. The zero-order valence-electron chi connectivity index (χ0n) is 28.3. The first-order chi connectivity index (χ1) is 18.4. The van der Waals surface area contributed by atoms with Crippen LogP contribution in [-0.4, -0.2) is 12.2 Å². The molecule has 0 spiro atoms. The van der Waals surface area contributed by atoms with E-state index in [4.69, 9.17) is 5.11 Å². The summed E-state index contributed by atoms with van der Waals surface area (Å²) < 4.78 is 0. The first-order valence-electron chi connectivity index (χ1n) is 17.8. The maximum Gasteiger partial charge on any atom is 0.0319 e. The molecule has 0 aromatic carbocycles. The summed E-state index contributed by atoms with van der Waals surface area (Å²) in [6.07, 6.45) is 35.6. The van der Waals surface area contributed by atoms with E-state index in [1.54, 1.807) is 0 Å². The second-order valence-corrected chi connectivity index (χ2v) is 13.7. The molecule has 6 aliphatic carbocycles. The number of rotatable bonds is 2. The predicted molar refractivity (Wildman–Crippen MR) is 176 cm³/mol. The lowest BCUT2D eigenvalue weighted by atomic mass is 9.88. The number of aliphatic hydroxyl groups excluding tert-OH is 1. The molecule has 0 atom stereocenters. The average molecular weight is 539 g/mol. The van der Waals surface area contributed by atoms with Crippen molar-refractivity contribution >= 4 is 0 Å². The normalized spacial score (nSPS) is 21.6. The Hall–Kier alpha value is -0.0400. The Morgan fingerprint density at radius 2 is 0.711 bits per heavy atom. The molecule has 6 saturated carbocycles. The summed E-state index contributed by atoms with van der Waals surface area (Å²) in [7, 11) is 1.00. The third-order valence-electron chi connectivity index (χ3n) is 8.74. The highest BCUT2D eigenvalue weighted by Crippen LogP contribution is 2.31. The van der Waals surface area contributed by atoms with E-state index in [0.29, 0.717) is 0 Å². The van der Waals surface area contributed by atoms with Crippen molar-refractivity contribution in [3.63, 3.8) is 0 Å². The smallest absolute Gasteiger partial charge is 0.0319 e. The Kier molecular flexibility index (Phi) is 33.2. The third-order valence-corrected chi connectivity index (χ3v) is 8.74. The second kappa shape index (κ2) is 31.5. The van der Waals surface area contributed by atoms with Crippen molar-refractivity contribution in [1.82, 2.24) is 0 Å². The molecule has 0 unspecified atom stereocenters. The van der Waals surface area contributed by atoms with E-state index in [9.17, 15) is 0 Å². The van der Waals surface area contributed by atoms with Crippen molar-refractivity contribution in [2.45, 2.75) is 203 Å². The second-order valence-electron chi connectivity index (χ2n) is 13.7. The molecule has 0 aromatic heterocycles. The first kappa shape index (κ1) is 40.1. The monoisotopic (exact) mass is 539 g/mol. The lowest BCUT2D eigenvalue weighted by Gasteiger charge is -2.18. The highest BCUT2D eigenvalue weighted by Gasteiger charge is 2.17. The molecular formula is C37H78O. The van der Waals surface area contributed by atoms with Crippen LogP contribution in [0.2, 0.25) is 0 Å². The molecule has 0 amide bonds. The topological polar surface area (TPSA) is 20.2 Å². The van der Waals surface area contributed by atoms with Gasteiger partial charge in [0.25, 0.3) is 0 Å². The zero-order valence-corrected chi connectivity index (χ0v) is 28.3. The Balaban J connectivity index is 0. The van der Waals surface area contributed by atoms with Crippen molar-refractivity contribution in [2.24, 2.45) is 29.6 Å². The Morgan fingerprint density at radius 3 is 0.763 bits per heavy atom. The molecule has 6 fully saturated rings. The molecule has 0 heterocycles. The summed E-state index contributed by atoms with van der Waals surface area (Å²) in [6.45, 7) is 15.8. The quantitative estimate of drug-likeness (QED) is 0.370. The molecular weight excluding hydrogens is 460 g/mol. The minimum Gasteiger partial charge on any atom is -0.400 e. The lowest BCUT2D eigenvalue weighted by molar-refractivity contribution is 0.346. The lowest BCUT2D eigenvalue weighted by Crippen LogP contribution is -2.04. The van der Waals surface area contributed by atoms with Gasteiger partial charge in [-0.25, -0.2) is 0 Å². The van der Waals surface area contributed by atoms with Gasteiger partial charge in [0.2, 0.25) is 0 Å². The average Bonchev–Trinajstić information content (AvgIpc) is 3.81. The summed E-state index contributed by atoms with van der Waals surface area (Å²) in [6, 6.07) is 0. The van der Waals surface area contributed by atoms with Crippen molar-refractivity contribution in [3.8, 4) is 0 Å². The van der Waals surface area contributed by atoms with Crippen molar-refractivity contribution < 1.29 is 5.11 Å². The van der Waals surface area contributed by atoms with Crippen LogP contribution in [0.15, 0.2) is 0 Å². The molecule has 1 heteroatoms. The fourth-order valence-electron chi connectivity index (χ4n) is 4.38. The fourth-order valence-corrected chi connectivity index (χ4v) is 4.38. The van der Waals surface area contributed by atoms with E-state index < -0.39 is 0 Å². The van der Waals surface area contributed by atoms with Gasteiger partial charge < -0.3 is 5.11 Å². The number of hydrogen-bond acceptors (Lipinski definition) is 1. The van der Waals surface area contributed by atoms with E-state index in [2.05, 4.69) is 48.5 Å². The van der Waals surface area contributed by atoms with E-state index in [-0.39, 0.29) is 0 Å². The van der Waals surface area contributed by atoms with Crippen LogP contribution in [-0.2, 0) is 0 Å². The van der Waals surface area contributed by atoms with Crippen LogP contribution < -0.4 is 0 Å². The van der Waals surface area contributed by atoms with Gasteiger partial charge in [0.05, 0.1) is 0 Å². The molecule has 0 radical (unpaired) electrons. The molecule has 0 aliphatic heterocycles. The van der Waals surface area contributed by atoms with Gasteiger partial charge in [-0.2, -0.15) is 0 Å². The fraction of sp³-hybridized carbons (Fsp3) is 1.00. The van der Waals surface area contributed by atoms with E-state index in [0.717, 1.165) is 36.7 Å². The van der Waals surface area contributed by atoms with Crippen LogP contribution in [0.4, 0.5) is 0 Å². The van der Waals surface area contributed by atoms with Crippen LogP contribution in [0.3, 0.4) is 0 Å². The van der Waals surface area contributed by atoms with E-state index >= 15 is 0 Å². The van der Waals surface area contributed by atoms with Crippen LogP contribution >= 0.6 is 0 Å². The van der Waals surface area contributed by atoms with Gasteiger partial charge >= 0.3 is 0 Å². The molecule has 1 N–H and O–H groups in total. The highest BCUT2D eigenvalue weighted by molar-refractivity contribution is 4.69. The summed E-state index contributed by atoms with van der Waals surface area (Å²) in [5.74, 6) is 5.21. The largest absolute Gasteiger partial charge is 0.400 e. The predicted octanol–water partition coefficient (Wildman–Crippen LogP) is 13.2. The number of hydrogen-bond donors (Lipinski definition) is 1.